The van der Waals surface area contributed by atoms with E-state index in [1.807, 2.05) is 6.92 Å². The predicted octanol–water partition coefficient (Wildman–Crippen LogP) is -0.403. The molecule has 0 aliphatic carbocycles. The molecule has 0 aromatic rings. The lowest BCUT2D eigenvalue weighted by atomic mass is 10.3. The quantitative estimate of drug-likeness (QED) is 0.477. The summed E-state index contributed by atoms with van der Waals surface area (Å²) >= 11 is 0. The number of methoxy groups -OCH3 is 1. The molecule has 7 nitrogen and oxygen atoms in total. The Balaban J connectivity index is 4.47. The molecule has 0 aliphatic heterocycles. The molecule has 0 saturated carbocycles. The molecule has 1 N–H and O–H groups in total. The first kappa shape index (κ1) is 21.9. The molecule has 0 saturated heterocycles. The van der Waals surface area contributed by atoms with E-state index in [1.165, 1.54) is 7.11 Å². The highest BCUT2D eigenvalue weighted by atomic mass is 32.2. The maximum Gasteiger partial charge on any atom is 0.150 e. The molecule has 22 heavy (non-hydrogen) atoms. The van der Waals surface area contributed by atoms with Gasteiger partial charge in [-0.3, -0.25) is 4.21 Å². The summed E-state index contributed by atoms with van der Waals surface area (Å²) in [7, 11) is -2.83. The molecule has 0 aromatic heterocycles. The Kier molecular flexibility index (Phi) is 11.4. The molecule has 0 aromatic carbocycles. The van der Waals surface area contributed by atoms with E-state index in [1.54, 1.807) is 6.26 Å². The molecule has 4 atom stereocenters. The van der Waals surface area contributed by atoms with Gasteiger partial charge in [0.1, 0.15) is 9.84 Å². The second-order valence-corrected chi connectivity index (χ2v) is 8.86. The standard InChI is InChI=1S/C13H28O7S2/c1-5-11(6-14)19-7-12(9-21(3)15)20-8-13(18-2)10-22(4,16)17/h11-14H,5-10H2,1-4H3. The van der Waals surface area contributed by atoms with Crippen LogP contribution in [-0.4, -0.2) is 87.0 Å². The van der Waals surface area contributed by atoms with Gasteiger partial charge in [0.25, 0.3) is 0 Å². The minimum absolute atomic E-state index is 0.0741. The lowest BCUT2D eigenvalue weighted by Gasteiger charge is -2.22. The van der Waals surface area contributed by atoms with Crippen molar-refractivity contribution >= 4 is 20.6 Å². The zero-order valence-electron chi connectivity index (χ0n) is 13.7. The van der Waals surface area contributed by atoms with Crippen LogP contribution in [0, 0.1) is 0 Å². The summed E-state index contributed by atoms with van der Waals surface area (Å²) in [5, 5.41) is 9.09. The SMILES string of the molecule is CCC(CO)OCC(CS(C)=O)OCC(CS(C)(=O)=O)OC. The first-order valence-corrected chi connectivity index (χ1v) is 10.8. The second kappa shape index (κ2) is 11.5. The Bertz CT molecular complexity index is 407. The van der Waals surface area contributed by atoms with Gasteiger partial charge in [0.2, 0.25) is 0 Å². The van der Waals surface area contributed by atoms with Crippen LogP contribution < -0.4 is 0 Å². The average molecular weight is 360 g/mol. The molecule has 9 heteroatoms. The van der Waals surface area contributed by atoms with Crippen LogP contribution in [0.4, 0.5) is 0 Å². The molecule has 0 spiro atoms. The summed E-state index contributed by atoms with van der Waals surface area (Å²) < 4.78 is 50.1. The second-order valence-electron chi connectivity index (χ2n) is 5.19. The van der Waals surface area contributed by atoms with Crippen molar-refractivity contribution in [3.8, 4) is 0 Å². The van der Waals surface area contributed by atoms with E-state index in [4.69, 9.17) is 19.3 Å². The maximum atomic E-state index is 11.4. The highest BCUT2D eigenvalue weighted by molar-refractivity contribution is 7.90. The van der Waals surface area contributed by atoms with Gasteiger partial charge in [-0.05, 0) is 6.42 Å². The van der Waals surface area contributed by atoms with Gasteiger partial charge in [0.15, 0.2) is 0 Å². The molecule has 134 valence electrons. The summed E-state index contributed by atoms with van der Waals surface area (Å²) in [6.07, 6.45) is 2.04. The number of sulfone groups is 1. The fourth-order valence-corrected chi connectivity index (χ4v) is 3.34. The van der Waals surface area contributed by atoms with Gasteiger partial charge in [-0.2, -0.15) is 0 Å². The highest BCUT2D eigenvalue weighted by Crippen LogP contribution is 2.05. The summed E-state index contributed by atoms with van der Waals surface area (Å²) in [6.45, 7) is 2.06. The Morgan fingerprint density at radius 2 is 1.68 bits per heavy atom. The van der Waals surface area contributed by atoms with Crippen molar-refractivity contribution < 1.29 is 31.9 Å². The molecule has 0 heterocycles. The first-order valence-electron chi connectivity index (χ1n) is 7.06. The Morgan fingerprint density at radius 1 is 1.14 bits per heavy atom. The zero-order valence-corrected chi connectivity index (χ0v) is 15.3. The van der Waals surface area contributed by atoms with Gasteiger partial charge in [-0.25, -0.2) is 8.42 Å². The van der Waals surface area contributed by atoms with Crippen molar-refractivity contribution in [2.75, 3.05) is 50.9 Å². The van der Waals surface area contributed by atoms with Crippen LogP contribution >= 0.6 is 0 Å². The van der Waals surface area contributed by atoms with Crippen LogP contribution in [0.2, 0.25) is 0 Å². The molecule has 0 aliphatic rings. The fourth-order valence-electron chi connectivity index (χ4n) is 1.71. The van der Waals surface area contributed by atoms with Crippen LogP contribution in [0.5, 0.6) is 0 Å². The molecule has 0 radical (unpaired) electrons. The molecule has 0 fully saturated rings. The van der Waals surface area contributed by atoms with E-state index in [2.05, 4.69) is 0 Å². The third-order valence-electron chi connectivity index (χ3n) is 2.94. The zero-order chi connectivity index (χ0) is 17.2. The molecular formula is C13H28O7S2. The Hall–Kier alpha value is -0.0600. The third kappa shape index (κ3) is 11.5. The number of ether oxygens (including phenoxy) is 3. The lowest BCUT2D eigenvalue weighted by Crippen LogP contribution is -2.35. The lowest BCUT2D eigenvalue weighted by molar-refractivity contribution is -0.0705. The van der Waals surface area contributed by atoms with Crippen molar-refractivity contribution in [3.05, 3.63) is 0 Å². The monoisotopic (exact) mass is 360 g/mol. The third-order valence-corrected chi connectivity index (χ3v) is 4.76. The number of rotatable bonds is 13. The number of aliphatic hydroxyl groups excluding tert-OH is 1. The number of hydrogen-bond acceptors (Lipinski definition) is 7. The molecule has 0 rings (SSSR count). The molecule has 4 unspecified atom stereocenters. The average Bonchev–Trinajstić information content (AvgIpc) is 2.42. The van der Waals surface area contributed by atoms with Crippen LogP contribution in [0.3, 0.4) is 0 Å². The smallest absolute Gasteiger partial charge is 0.150 e. The fraction of sp³-hybridized carbons (Fsp3) is 1.00. The highest BCUT2D eigenvalue weighted by Gasteiger charge is 2.20. The minimum Gasteiger partial charge on any atom is -0.394 e. The topological polar surface area (TPSA) is 99.1 Å². The summed E-state index contributed by atoms with van der Waals surface area (Å²) in [4.78, 5) is 0. The predicted molar refractivity (Wildman–Crippen MR) is 86.3 cm³/mol. The Morgan fingerprint density at radius 3 is 2.09 bits per heavy atom. The van der Waals surface area contributed by atoms with Gasteiger partial charge in [-0.1, -0.05) is 6.92 Å². The van der Waals surface area contributed by atoms with Crippen LogP contribution in [0.25, 0.3) is 0 Å². The van der Waals surface area contributed by atoms with E-state index < -0.39 is 32.8 Å². The van der Waals surface area contributed by atoms with Gasteiger partial charge >= 0.3 is 0 Å². The van der Waals surface area contributed by atoms with Crippen molar-refractivity contribution in [2.45, 2.75) is 31.7 Å². The van der Waals surface area contributed by atoms with Crippen LogP contribution in [0.15, 0.2) is 0 Å². The van der Waals surface area contributed by atoms with Crippen molar-refractivity contribution in [1.29, 1.82) is 0 Å². The minimum atomic E-state index is -3.17. The molecule has 0 amide bonds. The van der Waals surface area contributed by atoms with E-state index in [9.17, 15) is 12.6 Å². The van der Waals surface area contributed by atoms with Crippen molar-refractivity contribution in [2.24, 2.45) is 0 Å². The largest absolute Gasteiger partial charge is 0.394 e. The molecule has 0 bridgehead atoms. The van der Waals surface area contributed by atoms with E-state index in [0.717, 1.165) is 6.26 Å². The van der Waals surface area contributed by atoms with E-state index in [-0.39, 0.29) is 37.4 Å². The first-order chi connectivity index (χ1) is 10.2. The van der Waals surface area contributed by atoms with Crippen molar-refractivity contribution in [3.63, 3.8) is 0 Å². The van der Waals surface area contributed by atoms with Crippen molar-refractivity contribution in [1.82, 2.24) is 0 Å². The maximum absolute atomic E-state index is 11.4. The van der Waals surface area contributed by atoms with Gasteiger partial charge < -0.3 is 19.3 Å². The summed E-state index contributed by atoms with van der Waals surface area (Å²) in [5.74, 6) is 0.137. The normalized spacial score (nSPS) is 17.9. The number of aliphatic hydroxyl groups is 1. The van der Waals surface area contributed by atoms with Gasteiger partial charge in [-0.15, -0.1) is 0 Å². The summed E-state index contributed by atoms with van der Waals surface area (Å²) in [5.41, 5.74) is 0. The van der Waals surface area contributed by atoms with E-state index in [0.29, 0.717) is 6.42 Å². The van der Waals surface area contributed by atoms with Gasteiger partial charge in [0, 0.05) is 30.4 Å². The van der Waals surface area contributed by atoms with Crippen LogP contribution in [0.1, 0.15) is 13.3 Å². The van der Waals surface area contributed by atoms with Gasteiger partial charge in [0.05, 0.1) is 49.6 Å². The van der Waals surface area contributed by atoms with Crippen LogP contribution in [-0.2, 0) is 34.8 Å². The molecular weight excluding hydrogens is 332 g/mol. The summed E-state index contributed by atoms with van der Waals surface area (Å²) in [6, 6.07) is 0. The van der Waals surface area contributed by atoms with E-state index >= 15 is 0 Å². The Labute approximate surface area is 135 Å². The number of hydrogen-bond donors (Lipinski definition) is 1.